The van der Waals surface area contributed by atoms with Crippen molar-refractivity contribution in [3.8, 4) is 5.75 Å². The van der Waals surface area contributed by atoms with Crippen molar-refractivity contribution in [3.05, 3.63) is 15.3 Å². The average Bonchev–Trinajstić information content (AvgIpc) is 2.43. The number of thiophene rings is 1. The minimum absolute atomic E-state index is 0. The van der Waals surface area contributed by atoms with Gasteiger partial charge in [0.05, 0.1) is 4.34 Å². The van der Waals surface area contributed by atoms with Crippen LogP contribution in [0.1, 0.15) is 4.88 Å². The lowest BCUT2D eigenvalue weighted by atomic mass is 10.1. The van der Waals surface area contributed by atoms with Gasteiger partial charge in [-0.2, -0.15) is 0 Å². The Labute approximate surface area is 92.6 Å². The second kappa shape index (κ2) is 4.51. The number of halogens is 2. The lowest BCUT2D eigenvalue weighted by Gasteiger charge is -2.21. The highest BCUT2D eigenvalue weighted by molar-refractivity contribution is 7.16. The number of rotatable bonds is 1. The Morgan fingerprint density at radius 3 is 3.15 bits per heavy atom. The van der Waals surface area contributed by atoms with Crippen LogP contribution in [0.25, 0.3) is 0 Å². The normalized spacial score (nSPS) is 20.0. The zero-order chi connectivity index (χ0) is 8.55. The monoisotopic (exact) mass is 239 g/mol. The second-order valence-electron chi connectivity index (χ2n) is 2.84. The highest BCUT2D eigenvalue weighted by atomic mass is 35.5. The van der Waals surface area contributed by atoms with Gasteiger partial charge < -0.3 is 10.1 Å². The SMILES string of the molecule is CNC1COc2cc(Cl)sc2C1.Cl. The minimum Gasteiger partial charge on any atom is -0.491 e. The van der Waals surface area contributed by atoms with Gasteiger partial charge in [0.2, 0.25) is 0 Å². The number of hydrogen-bond donors (Lipinski definition) is 1. The molecule has 0 saturated carbocycles. The fourth-order valence-corrected chi connectivity index (χ4v) is 2.59. The van der Waals surface area contributed by atoms with E-state index in [4.69, 9.17) is 16.3 Å². The summed E-state index contributed by atoms with van der Waals surface area (Å²) in [4.78, 5) is 1.26. The predicted octanol–water partition coefficient (Wildman–Crippen LogP) is 2.35. The molecule has 2 heterocycles. The van der Waals surface area contributed by atoms with Crippen LogP contribution in [0, 0.1) is 0 Å². The molecule has 74 valence electrons. The van der Waals surface area contributed by atoms with Gasteiger partial charge in [-0.05, 0) is 7.05 Å². The molecule has 0 fully saturated rings. The van der Waals surface area contributed by atoms with E-state index in [9.17, 15) is 0 Å². The molecular weight excluding hydrogens is 229 g/mol. The first-order valence-electron chi connectivity index (χ1n) is 3.88. The Bertz CT molecular complexity index is 290. The van der Waals surface area contributed by atoms with Crippen molar-refractivity contribution < 1.29 is 4.74 Å². The van der Waals surface area contributed by atoms with Crippen molar-refractivity contribution in [2.24, 2.45) is 0 Å². The third kappa shape index (κ3) is 2.29. The summed E-state index contributed by atoms with van der Waals surface area (Å²) in [6.07, 6.45) is 1.03. The third-order valence-electron chi connectivity index (χ3n) is 2.02. The Hall–Kier alpha value is 0.0400. The quantitative estimate of drug-likeness (QED) is 0.813. The Morgan fingerprint density at radius 2 is 2.46 bits per heavy atom. The first kappa shape index (κ1) is 11.1. The van der Waals surface area contributed by atoms with Crippen molar-refractivity contribution in [3.63, 3.8) is 0 Å². The Kier molecular flexibility index (Phi) is 3.86. The molecule has 1 aromatic heterocycles. The largest absolute Gasteiger partial charge is 0.491 e. The van der Waals surface area contributed by atoms with Crippen LogP contribution in [-0.4, -0.2) is 19.7 Å². The van der Waals surface area contributed by atoms with E-state index >= 15 is 0 Å². The van der Waals surface area contributed by atoms with Crippen LogP contribution >= 0.6 is 35.3 Å². The van der Waals surface area contributed by atoms with E-state index in [1.165, 1.54) is 4.88 Å². The molecule has 1 aliphatic heterocycles. The zero-order valence-electron chi connectivity index (χ0n) is 7.17. The molecule has 1 aromatic rings. The van der Waals surface area contributed by atoms with Crippen LogP contribution in [0.2, 0.25) is 4.34 Å². The summed E-state index contributed by atoms with van der Waals surface area (Å²) in [5, 5.41) is 3.19. The molecule has 2 rings (SSSR count). The van der Waals surface area contributed by atoms with E-state index in [0.29, 0.717) is 6.04 Å². The highest BCUT2D eigenvalue weighted by Gasteiger charge is 2.20. The van der Waals surface area contributed by atoms with Crippen LogP contribution in [0.5, 0.6) is 5.75 Å². The smallest absolute Gasteiger partial charge is 0.134 e. The van der Waals surface area contributed by atoms with Gasteiger partial charge in [-0.1, -0.05) is 11.6 Å². The van der Waals surface area contributed by atoms with Gasteiger partial charge in [-0.15, -0.1) is 23.7 Å². The maximum Gasteiger partial charge on any atom is 0.134 e. The van der Waals surface area contributed by atoms with Gasteiger partial charge in [-0.25, -0.2) is 0 Å². The molecule has 2 nitrogen and oxygen atoms in total. The molecule has 13 heavy (non-hydrogen) atoms. The number of nitrogens with one attached hydrogen (secondary N) is 1. The number of ether oxygens (including phenoxy) is 1. The molecule has 1 unspecified atom stereocenters. The van der Waals surface area contributed by atoms with Crippen LogP contribution in [-0.2, 0) is 6.42 Å². The van der Waals surface area contributed by atoms with E-state index < -0.39 is 0 Å². The zero-order valence-corrected chi connectivity index (χ0v) is 9.56. The molecule has 0 aliphatic carbocycles. The molecule has 0 spiro atoms. The summed E-state index contributed by atoms with van der Waals surface area (Å²) in [5.74, 6) is 0.969. The van der Waals surface area contributed by atoms with E-state index in [1.807, 2.05) is 13.1 Å². The topological polar surface area (TPSA) is 21.3 Å². The van der Waals surface area contributed by atoms with Crippen LogP contribution in [0.15, 0.2) is 6.07 Å². The van der Waals surface area contributed by atoms with Crippen LogP contribution in [0.4, 0.5) is 0 Å². The van der Waals surface area contributed by atoms with Crippen LogP contribution in [0.3, 0.4) is 0 Å². The summed E-state index contributed by atoms with van der Waals surface area (Å²) < 4.78 is 6.33. The molecule has 0 bridgehead atoms. The first-order chi connectivity index (χ1) is 5.79. The average molecular weight is 240 g/mol. The van der Waals surface area contributed by atoms with E-state index in [-0.39, 0.29) is 12.4 Å². The fourth-order valence-electron chi connectivity index (χ4n) is 1.30. The van der Waals surface area contributed by atoms with E-state index in [1.54, 1.807) is 11.3 Å². The third-order valence-corrected chi connectivity index (χ3v) is 3.29. The number of fused-ring (bicyclic) bond motifs is 1. The molecule has 1 atom stereocenters. The molecule has 0 saturated heterocycles. The summed E-state index contributed by atoms with van der Waals surface area (Å²) in [7, 11) is 1.95. The predicted molar refractivity (Wildman–Crippen MR) is 58.6 cm³/mol. The molecule has 0 aromatic carbocycles. The minimum atomic E-state index is 0. The maximum absolute atomic E-state index is 5.86. The van der Waals surface area contributed by atoms with Gasteiger partial charge >= 0.3 is 0 Å². The lowest BCUT2D eigenvalue weighted by molar-refractivity contribution is 0.248. The van der Waals surface area contributed by atoms with Crippen molar-refractivity contribution in [2.75, 3.05) is 13.7 Å². The lowest BCUT2D eigenvalue weighted by Crippen LogP contribution is -2.36. The van der Waals surface area contributed by atoms with Gasteiger partial charge in [0.1, 0.15) is 12.4 Å². The Balaban J connectivity index is 0.000000845. The molecular formula is C8H11Cl2NOS. The van der Waals surface area contributed by atoms with E-state index in [2.05, 4.69) is 5.32 Å². The number of likely N-dealkylation sites (N-methyl/N-ethyl adjacent to an activating group) is 1. The van der Waals surface area contributed by atoms with E-state index in [0.717, 1.165) is 23.1 Å². The standard InChI is InChI=1S/C8H10ClNOS.ClH/c1-10-5-2-7-6(11-4-5)3-8(9)12-7;/h3,5,10H,2,4H2,1H3;1H. The second-order valence-corrected chi connectivity index (χ2v) is 4.61. The molecule has 1 N–H and O–H groups in total. The van der Waals surface area contributed by atoms with Gasteiger partial charge in [-0.3, -0.25) is 0 Å². The summed E-state index contributed by atoms with van der Waals surface area (Å²) in [5.41, 5.74) is 0. The van der Waals surface area contributed by atoms with Gasteiger partial charge in [0.25, 0.3) is 0 Å². The molecule has 5 heteroatoms. The van der Waals surface area contributed by atoms with Crippen molar-refractivity contribution >= 4 is 35.3 Å². The number of hydrogen-bond acceptors (Lipinski definition) is 3. The maximum atomic E-state index is 5.86. The van der Waals surface area contributed by atoms with Crippen molar-refractivity contribution in [1.29, 1.82) is 0 Å². The summed E-state index contributed by atoms with van der Waals surface area (Å²) in [6.45, 7) is 0.747. The van der Waals surface area contributed by atoms with Crippen LogP contribution < -0.4 is 10.1 Å². The summed E-state index contributed by atoms with van der Waals surface area (Å²) in [6, 6.07) is 2.33. The molecule has 1 aliphatic rings. The summed E-state index contributed by atoms with van der Waals surface area (Å²) >= 11 is 7.47. The first-order valence-corrected chi connectivity index (χ1v) is 5.07. The highest BCUT2D eigenvalue weighted by Crippen LogP contribution is 2.35. The van der Waals surface area contributed by atoms with Gasteiger partial charge in [0, 0.05) is 23.4 Å². The van der Waals surface area contributed by atoms with Gasteiger partial charge in [0.15, 0.2) is 0 Å². The fraction of sp³-hybridized carbons (Fsp3) is 0.500. The Morgan fingerprint density at radius 1 is 1.69 bits per heavy atom. The molecule has 0 radical (unpaired) electrons. The van der Waals surface area contributed by atoms with Crippen molar-refractivity contribution in [2.45, 2.75) is 12.5 Å². The molecule has 0 amide bonds. The van der Waals surface area contributed by atoms with Crippen molar-refractivity contribution in [1.82, 2.24) is 5.32 Å².